The molecule has 0 amide bonds. The third-order valence-corrected chi connectivity index (χ3v) is 3.38. The zero-order chi connectivity index (χ0) is 14.5. The van der Waals surface area contributed by atoms with Crippen LogP contribution in [0.15, 0.2) is 34.9 Å². The molecule has 3 nitrogen and oxygen atoms in total. The molecule has 0 spiro atoms. The summed E-state index contributed by atoms with van der Waals surface area (Å²) in [6.45, 7) is 6.66. The van der Waals surface area contributed by atoms with Gasteiger partial charge in [0.1, 0.15) is 5.82 Å². The van der Waals surface area contributed by atoms with Crippen LogP contribution in [0.3, 0.4) is 0 Å². The van der Waals surface area contributed by atoms with Crippen molar-refractivity contribution in [3.8, 4) is 0 Å². The van der Waals surface area contributed by atoms with Gasteiger partial charge in [-0.2, -0.15) is 5.10 Å². The number of aromatic nitrogens is 2. The number of benzene rings is 1. The summed E-state index contributed by atoms with van der Waals surface area (Å²) in [5, 5.41) is 7.70. The molecule has 0 fully saturated rings. The lowest BCUT2D eigenvalue weighted by Crippen LogP contribution is -2.21. The van der Waals surface area contributed by atoms with Gasteiger partial charge in [0.25, 0.3) is 0 Å². The molecule has 0 aliphatic carbocycles. The van der Waals surface area contributed by atoms with E-state index in [1.165, 1.54) is 12.1 Å². The molecule has 0 atom stereocenters. The number of nitrogens with zero attached hydrogens (tertiary/aromatic N) is 2. The molecule has 0 unspecified atom stereocenters. The second-order valence-electron chi connectivity index (χ2n) is 5.28. The van der Waals surface area contributed by atoms with Crippen molar-refractivity contribution in [3.05, 3.63) is 52.0 Å². The summed E-state index contributed by atoms with van der Waals surface area (Å²) >= 11 is 3.31. The number of nitrogens with one attached hydrogen (secondary N) is 1. The van der Waals surface area contributed by atoms with Crippen molar-refractivity contribution in [1.82, 2.24) is 15.1 Å². The molecule has 1 N–H and O–H groups in total. The standard InChI is InChI=1S/C15H19BrFN3/c1-11(2)8-18-9-15-3-4-19-20(15)10-12-5-13(16)7-14(17)6-12/h3-7,11,18H,8-10H2,1-2H3. The highest BCUT2D eigenvalue weighted by molar-refractivity contribution is 9.10. The first-order valence-corrected chi connectivity index (χ1v) is 7.50. The maximum absolute atomic E-state index is 13.4. The van der Waals surface area contributed by atoms with E-state index in [4.69, 9.17) is 0 Å². The molecule has 1 aromatic heterocycles. The van der Waals surface area contributed by atoms with E-state index in [1.54, 1.807) is 6.20 Å². The van der Waals surface area contributed by atoms with Crippen LogP contribution in [-0.4, -0.2) is 16.3 Å². The van der Waals surface area contributed by atoms with Crippen LogP contribution in [0.1, 0.15) is 25.1 Å². The molecule has 5 heteroatoms. The number of hydrogen-bond acceptors (Lipinski definition) is 2. The van der Waals surface area contributed by atoms with Gasteiger partial charge >= 0.3 is 0 Å². The fraction of sp³-hybridized carbons (Fsp3) is 0.400. The summed E-state index contributed by atoms with van der Waals surface area (Å²) < 4.78 is 16.0. The van der Waals surface area contributed by atoms with Crippen molar-refractivity contribution >= 4 is 15.9 Å². The second-order valence-corrected chi connectivity index (χ2v) is 6.20. The highest BCUT2D eigenvalue weighted by Gasteiger charge is 2.05. The SMILES string of the molecule is CC(C)CNCc1ccnn1Cc1cc(F)cc(Br)c1. The van der Waals surface area contributed by atoms with Crippen LogP contribution >= 0.6 is 15.9 Å². The molecule has 0 saturated carbocycles. The van der Waals surface area contributed by atoms with E-state index in [0.717, 1.165) is 28.8 Å². The van der Waals surface area contributed by atoms with Crippen molar-refractivity contribution < 1.29 is 4.39 Å². The Morgan fingerprint density at radius 2 is 2.15 bits per heavy atom. The molecule has 108 valence electrons. The van der Waals surface area contributed by atoms with Gasteiger partial charge in [0.15, 0.2) is 0 Å². The Hall–Kier alpha value is -1.20. The highest BCUT2D eigenvalue weighted by Crippen LogP contribution is 2.16. The Balaban J connectivity index is 2.04. The van der Waals surface area contributed by atoms with Crippen LogP contribution in [-0.2, 0) is 13.1 Å². The summed E-state index contributed by atoms with van der Waals surface area (Å²) in [6.07, 6.45) is 1.78. The number of halogens is 2. The van der Waals surface area contributed by atoms with Crippen molar-refractivity contribution in [2.24, 2.45) is 5.92 Å². The van der Waals surface area contributed by atoms with E-state index in [0.29, 0.717) is 12.5 Å². The molecule has 2 rings (SSSR count). The molecule has 0 aliphatic heterocycles. The smallest absolute Gasteiger partial charge is 0.124 e. The van der Waals surface area contributed by atoms with Gasteiger partial charge < -0.3 is 5.32 Å². The summed E-state index contributed by atoms with van der Waals surface area (Å²) in [7, 11) is 0. The summed E-state index contributed by atoms with van der Waals surface area (Å²) in [5.41, 5.74) is 2.00. The predicted octanol–water partition coefficient (Wildman–Crippen LogP) is 3.58. The summed E-state index contributed by atoms with van der Waals surface area (Å²) in [6, 6.07) is 6.90. The van der Waals surface area contributed by atoms with Gasteiger partial charge in [-0.15, -0.1) is 0 Å². The Labute approximate surface area is 127 Å². The van der Waals surface area contributed by atoms with Crippen LogP contribution in [0.2, 0.25) is 0 Å². The van der Waals surface area contributed by atoms with Crippen molar-refractivity contribution in [3.63, 3.8) is 0 Å². The zero-order valence-corrected chi connectivity index (χ0v) is 13.3. The average molecular weight is 340 g/mol. The third-order valence-electron chi connectivity index (χ3n) is 2.92. The maximum Gasteiger partial charge on any atom is 0.124 e. The van der Waals surface area contributed by atoms with Crippen molar-refractivity contribution in [2.45, 2.75) is 26.9 Å². The molecule has 0 radical (unpaired) electrons. The quantitative estimate of drug-likeness (QED) is 0.871. The van der Waals surface area contributed by atoms with E-state index in [2.05, 4.69) is 40.2 Å². The molecule has 0 bridgehead atoms. The Morgan fingerprint density at radius 1 is 1.35 bits per heavy atom. The van der Waals surface area contributed by atoms with Gasteiger partial charge in [-0.1, -0.05) is 29.8 Å². The first-order valence-electron chi connectivity index (χ1n) is 6.71. The van der Waals surface area contributed by atoms with E-state index in [1.807, 2.05) is 16.8 Å². The molecular formula is C15H19BrFN3. The zero-order valence-electron chi connectivity index (χ0n) is 11.7. The lowest BCUT2D eigenvalue weighted by molar-refractivity contribution is 0.529. The normalized spacial score (nSPS) is 11.2. The fourth-order valence-corrected chi connectivity index (χ4v) is 2.53. The van der Waals surface area contributed by atoms with Gasteiger partial charge in [-0.25, -0.2) is 4.39 Å². The lowest BCUT2D eigenvalue weighted by atomic mass is 10.2. The van der Waals surface area contributed by atoms with Crippen molar-refractivity contribution in [2.75, 3.05) is 6.54 Å². The summed E-state index contributed by atoms with van der Waals surface area (Å²) in [4.78, 5) is 0. The van der Waals surface area contributed by atoms with E-state index in [-0.39, 0.29) is 5.82 Å². The topological polar surface area (TPSA) is 29.9 Å². The predicted molar refractivity (Wildman–Crippen MR) is 82.0 cm³/mol. The van der Waals surface area contributed by atoms with Crippen LogP contribution in [0.5, 0.6) is 0 Å². The molecule has 2 aromatic rings. The summed E-state index contributed by atoms with van der Waals surface area (Å²) in [5.74, 6) is 0.381. The molecule has 1 aromatic carbocycles. The fourth-order valence-electron chi connectivity index (χ4n) is 2.02. The van der Waals surface area contributed by atoms with Crippen LogP contribution in [0, 0.1) is 11.7 Å². The molecule has 20 heavy (non-hydrogen) atoms. The lowest BCUT2D eigenvalue weighted by Gasteiger charge is -2.10. The first-order chi connectivity index (χ1) is 9.54. The minimum atomic E-state index is -0.235. The monoisotopic (exact) mass is 339 g/mol. The maximum atomic E-state index is 13.4. The number of hydrogen-bond donors (Lipinski definition) is 1. The van der Waals surface area contributed by atoms with Gasteiger partial charge in [0, 0.05) is 17.2 Å². The molecular weight excluding hydrogens is 321 g/mol. The average Bonchev–Trinajstić information content (AvgIpc) is 2.75. The second kappa shape index (κ2) is 6.99. The van der Waals surface area contributed by atoms with Gasteiger partial charge in [0.2, 0.25) is 0 Å². The largest absolute Gasteiger partial charge is 0.311 e. The van der Waals surface area contributed by atoms with Crippen LogP contribution < -0.4 is 5.32 Å². The number of rotatable bonds is 6. The third kappa shape index (κ3) is 4.42. The minimum absolute atomic E-state index is 0.235. The molecule has 0 aliphatic rings. The molecule has 1 heterocycles. The van der Waals surface area contributed by atoms with Crippen LogP contribution in [0.25, 0.3) is 0 Å². The van der Waals surface area contributed by atoms with Crippen LogP contribution in [0.4, 0.5) is 4.39 Å². The van der Waals surface area contributed by atoms with E-state index in [9.17, 15) is 4.39 Å². The highest BCUT2D eigenvalue weighted by atomic mass is 79.9. The van der Waals surface area contributed by atoms with Gasteiger partial charge in [0.05, 0.1) is 12.2 Å². The van der Waals surface area contributed by atoms with E-state index < -0.39 is 0 Å². The Morgan fingerprint density at radius 3 is 2.85 bits per heavy atom. The molecule has 0 saturated heterocycles. The van der Waals surface area contributed by atoms with Gasteiger partial charge in [-0.05, 0) is 42.3 Å². The Kier molecular flexibility index (Phi) is 5.31. The van der Waals surface area contributed by atoms with E-state index >= 15 is 0 Å². The van der Waals surface area contributed by atoms with Gasteiger partial charge in [-0.3, -0.25) is 4.68 Å². The first kappa shape index (κ1) is 15.2. The van der Waals surface area contributed by atoms with Crippen molar-refractivity contribution in [1.29, 1.82) is 0 Å². The minimum Gasteiger partial charge on any atom is -0.311 e. The Bertz CT molecular complexity index is 546.